The van der Waals surface area contributed by atoms with Crippen molar-refractivity contribution in [2.45, 2.75) is 12.8 Å². The Bertz CT molecular complexity index is 212. The molecule has 0 saturated heterocycles. The molecule has 0 spiro atoms. The van der Waals surface area contributed by atoms with Gasteiger partial charge in [0, 0.05) is 12.1 Å². The van der Waals surface area contributed by atoms with Crippen LogP contribution in [0.5, 0.6) is 0 Å². The zero-order valence-corrected chi connectivity index (χ0v) is 6.59. The Balaban J connectivity index is 2.72. The van der Waals surface area contributed by atoms with Crippen LogP contribution in [-0.4, -0.2) is 6.54 Å². The fourth-order valence-electron chi connectivity index (χ4n) is 1.08. The van der Waals surface area contributed by atoms with E-state index >= 15 is 0 Å². The van der Waals surface area contributed by atoms with Gasteiger partial charge >= 0.3 is 0 Å². The van der Waals surface area contributed by atoms with Gasteiger partial charge in [0.1, 0.15) is 0 Å². The predicted molar refractivity (Wildman–Crippen MR) is 47.8 cm³/mol. The van der Waals surface area contributed by atoms with Crippen molar-refractivity contribution in [3.63, 3.8) is 0 Å². The van der Waals surface area contributed by atoms with E-state index in [0.717, 1.165) is 18.5 Å². The molecule has 11 heavy (non-hydrogen) atoms. The molecular formula is C9H14N2. The van der Waals surface area contributed by atoms with Gasteiger partial charge in [-0.05, 0) is 18.5 Å². The molecule has 0 amide bonds. The highest BCUT2D eigenvalue weighted by Crippen LogP contribution is 2.12. The summed E-state index contributed by atoms with van der Waals surface area (Å²) in [6.07, 6.45) is 9.83. The van der Waals surface area contributed by atoms with Crippen LogP contribution in [0.1, 0.15) is 12.8 Å². The molecule has 0 aliphatic heterocycles. The third-order valence-corrected chi connectivity index (χ3v) is 1.71. The SMILES string of the molecule is NCCC1=C(N)CC=CC=C1. The number of allylic oxidation sites excluding steroid dienone is 4. The van der Waals surface area contributed by atoms with E-state index < -0.39 is 0 Å². The predicted octanol–water partition coefficient (Wildman–Crippen LogP) is 1.06. The molecular weight excluding hydrogens is 136 g/mol. The van der Waals surface area contributed by atoms with Crippen LogP contribution in [0.2, 0.25) is 0 Å². The highest BCUT2D eigenvalue weighted by molar-refractivity contribution is 5.30. The van der Waals surface area contributed by atoms with Crippen LogP contribution in [0.4, 0.5) is 0 Å². The second kappa shape index (κ2) is 3.98. The Morgan fingerprint density at radius 3 is 2.91 bits per heavy atom. The average molecular weight is 150 g/mol. The Kier molecular flexibility index (Phi) is 2.93. The maximum absolute atomic E-state index is 5.79. The minimum atomic E-state index is 0.667. The summed E-state index contributed by atoms with van der Waals surface area (Å²) in [5.41, 5.74) is 13.3. The topological polar surface area (TPSA) is 52.0 Å². The van der Waals surface area contributed by atoms with Crippen LogP contribution in [0.15, 0.2) is 35.6 Å². The molecule has 0 saturated carbocycles. The molecule has 1 rings (SSSR count). The molecule has 0 radical (unpaired) electrons. The summed E-state index contributed by atoms with van der Waals surface area (Å²) >= 11 is 0. The van der Waals surface area contributed by atoms with E-state index in [0.29, 0.717) is 6.54 Å². The van der Waals surface area contributed by atoms with Crippen LogP contribution >= 0.6 is 0 Å². The third-order valence-electron chi connectivity index (χ3n) is 1.71. The zero-order chi connectivity index (χ0) is 8.10. The number of nitrogens with two attached hydrogens (primary N) is 2. The fraction of sp³-hybridized carbons (Fsp3) is 0.333. The molecule has 0 aromatic rings. The van der Waals surface area contributed by atoms with E-state index in [4.69, 9.17) is 11.5 Å². The first kappa shape index (κ1) is 8.08. The lowest BCUT2D eigenvalue weighted by molar-refractivity contribution is 0.942. The Morgan fingerprint density at radius 2 is 2.18 bits per heavy atom. The van der Waals surface area contributed by atoms with Crippen LogP contribution in [0, 0.1) is 0 Å². The smallest absolute Gasteiger partial charge is 0.0152 e. The monoisotopic (exact) mass is 150 g/mol. The van der Waals surface area contributed by atoms with Crippen molar-refractivity contribution in [1.82, 2.24) is 0 Å². The van der Waals surface area contributed by atoms with Gasteiger partial charge in [0.2, 0.25) is 0 Å². The number of rotatable bonds is 2. The van der Waals surface area contributed by atoms with E-state index in [-0.39, 0.29) is 0 Å². The van der Waals surface area contributed by atoms with E-state index in [1.807, 2.05) is 18.2 Å². The first-order valence-corrected chi connectivity index (χ1v) is 3.85. The van der Waals surface area contributed by atoms with Gasteiger partial charge in [-0.2, -0.15) is 0 Å². The van der Waals surface area contributed by atoms with Crippen molar-refractivity contribution in [3.8, 4) is 0 Å². The standard InChI is InChI=1S/C9H14N2/c10-7-6-8-4-2-1-3-5-9(8)11/h1-4H,5-7,10-11H2. The summed E-state index contributed by atoms with van der Waals surface area (Å²) in [7, 11) is 0. The van der Waals surface area contributed by atoms with Gasteiger partial charge in [0.05, 0.1) is 0 Å². The minimum absolute atomic E-state index is 0.667. The normalized spacial score (nSPS) is 17.2. The molecule has 60 valence electrons. The maximum atomic E-state index is 5.79. The Labute approximate surface area is 67.3 Å². The molecule has 1 aliphatic rings. The van der Waals surface area contributed by atoms with Gasteiger partial charge in [0.25, 0.3) is 0 Å². The molecule has 0 unspecified atom stereocenters. The molecule has 4 N–H and O–H groups in total. The zero-order valence-electron chi connectivity index (χ0n) is 6.59. The molecule has 0 fully saturated rings. The Morgan fingerprint density at radius 1 is 1.36 bits per heavy atom. The van der Waals surface area contributed by atoms with Crippen LogP contribution in [0.3, 0.4) is 0 Å². The lowest BCUT2D eigenvalue weighted by atomic mass is 10.1. The fourth-order valence-corrected chi connectivity index (χ4v) is 1.08. The summed E-state index contributed by atoms with van der Waals surface area (Å²) in [6.45, 7) is 0.667. The summed E-state index contributed by atoms with van der Waals surface area (Å²) in [4.78, 5) is 0. The molecule has 0 bridgehead atoms. The Hall–Kier alpha value is -1.02. The molecule has 2 heteroatoms. The van der Waals surface area contributed by atoms with Gasteiger partial charge in [0.15, 0.2) is 0 Å². The van der Waals surface area contributed by atoms with Crippen LogP contribution < -0.4 is 11.5 Å². The molecule has 1 aliphatic carbocycles. The highest BCUT2D eigenvalue weighted by Gasteiger charge is 1.98. The van der Waals surface area contributed by atoms with E-state index in [2.05, 4.69) is 6.08 Å². The quantitative estimate of drug-likeness (QED) is 0.618. The van der Waals surface area contributed by atoms with Gasteiger partial charge in [-0.15, -0.1) is 0 Å². The van der Waals surface area contributed by atoms with E-state index in [1.54, 1.807) is 0 Å². The van der Waals surface area contributed by atoms with E-state index in [1.165, 1.54) is 5.57 Å². The van der Waals surface area contributed by atoms with Crippen molar-refractivity contribution >= 4 is 0 Å². The van der Waals surface area contributed by atoms with Crippen molar-refractivity contribution in [1.29, 1.82) is 0 Å². The first-order chi connectivity index (χ1) is 5.34. The lowest BCUT2D eigenvalue weighted by Crippen LogP contribution is -2.05. The minimum Gasteiger partial charge on any atom is -0.402 e. The van der Waals surface area contributed by atoms with E-state index in [9.17, 15) is 0 Å². The van der Waals surface area contributed by atoms with Crippen LogP contribution in [-0.2, 0) is 0 Å². The van der Waals surface area contributed by atoms with Crippen molar-refractivity contribution in [3.05, 3.63) is 35.6 Å². The van der Waals surface area contributed by atoms with Gasteiger partial charge in [-0.3, -0.25) is 0 Å². The largest absolute Gasteiger partial charge is 0.402 e. The van der Waals surface area contributed by atoms with Gasteiger partial charge in [-0.25, -0.2) is 0 Å². The second-order valence-corrected chi connectivity index (χ2v) is 2.58. The summed E-state index contributed by atoms with van der Waals surface area (Å²) in [6, 6.07) is 0. The number of hydrogen-bond donors (Lipinski definition) is 2. The first-order valence-electron chi connectivity index (χ1n) is 3.85. The molecule has 2 nitrogen and oxygen atoms in total. The van der Waals surface area contributed by atoms with Crippen molar-refractivity contribution < 1.29 is 0 Å². The summed E-state index contributed by atoms with van der Waals surface area (Å²) in [5.74, 6) is 0. The van der Waals surface area contributed by atoms with Gasteiger partial charge in [-0.1, -0.05) is 24.3 Å². The van der Waals surface area contributed by atoms with Gasteiger partial charge < -0.3 is 11.5 Å². The summed E-state index contributed by atoms with van der Waals surface area (Å²) in [5, 5.41) is 0. The second-order valence-electron chi connectivity index (χ2n) is 2.58. The third kappa shape index (κ3) is 2.24. The average Bonchev–Trinajstić information content (AvgIpc) is 2.18. The molecule has 0 heterocycles. The number of hydrogen-bond acceptors (Lipinski definition) is 2. The lowest BCUT2D eigenvalue weighted by Gasteiger charge is -2.02. The molecule has 0 aromatic carbocycles. The highest BCUT2D eigenvalue weighted by atomic mass is 14.6. The van der Waals surface area contributed by atoms with Crippen LogP contribution in [0.25, 0.3) is 0 Å². The van der Waals surface area contributed by atoms with Crippen molar-refractivity contribution in [2.75, 3.05) is 6.54 Å². The maximum Gasteiger partial charge on any atom is 0.0152 e. The molecule has 0 atom stereocenters. The summed E-state index contributed by atoms with van der Waals surface area (Å²) < 4.78 is 0. The van der Waals surface area contributed by atoms with Crippen molar-refractivity contribution in [2.24, 2.45) is 11.5 Å². The molecule has 0 aromatic heterocycles.